The number of aromatic amines is 1. The molecule has 1 saturated carbocycles. The second kappa shape index (κ2) is 7.16. The van der Waals surface area contributed by atoms with Crippen molar-refractivity contribution in [2.75, 3.05) is 12.4 Å². The van der Waals surface area contributed by atoms with E-state index in [0.29, 0.717) is 24.7 Å². The molecule has 7 heteroatoms. The summed E-state index contributed by atoms with van der Waals surface area (Å²) in [5.41, 5.74) is 1.62. The molecule has 0 radical (unpaired) electrons. The number of nitrogens with one attached hydrogen (secondary N) is 3. The number of hydrogen-bond donors (Lipinski definition) is 3. The predicted molar refractivity (Wildman–Crippen MR) is 90.4 cm³/mol. The summed E-state index contributed by atoms with van der Waals surface area (Å²) in [5.74, 6) is 0.775. The summed E-state index contributed by atoms with van der Waals surface area (Å²) in [5, 5.41) is 5.78. The second-order valence-corrected chi connectivity index (χ2v) is 6.04. The van der Waals surface area contributed by atoms with Crippen LogP contribution in [0.25, 0.3) is 0 Å². The van der Waals surface area contributed by atoms with Crippen LogP contribution in [0.15, 0.2) is 36.7 Å². The van der Waals surface area contributed by atoms with Gasteiger partial charge in [0.15, 0.2) is 0 Å². The molecule has 0 unspecified atom stereocenters. The largest absolute Gasteiger partial charge is 0.353 e. The first-order valence-corrected chi connectivity index (χ1v) is 7.99. The number of hydrogen-bond acceptors (Lipinski definition) is 3. The van der Waals surface area contributed by atoms with Crippen molar-refractivity contribution < 1.29 is 9.59 Å². The van der Waals surface area contributed by atoms with E-state index in [1.54, 1.807) is 31.6 Å². The van der Waals surface area contributed by atoms with E-state index >= 15 is 0 Å². The van der Waals surface area contributed by atoms with Crippen LogP contribution in [0.5, 0.6) is 0 Å². The van der Waals surface area contributed by atoms with Gasteiger partial charge in [0.2, 0.25) is 5.91 Å². The lowest BCUT2D eigenvalue weighted by Crippen LogP contribution is -2.31. The Bertz CT molecular complexity index is 692. The summed E-state index contributed by atoms with van der Waals surface area (Å²) >= 11 is 0. The molecule has 3 amide bonds. The minimum atomic E-state index is -0.217. The highest BCUT2D eigenvalue weighted by Crippen LogP contribution is 2.19. The molecule has 2 aromatic rings. The van der Waals surface area contributed by atoms with Crippen molar-refractivity contribution >= 4 is 17.6 Å². The molecule has 1 aromatic carbocycles. The third-order valence-electron chi connectivity index (χ3n) is 3.80. The van der Waals surface area contributed by atoms with Gasteiger partial charge in [-0.1, -0.05) is 12.1 Å². The summed E-state index contributed by atoms with van der Waals surface area (Å²) in [6, 6.07) is 7.48. The Hall–Kier alpha value is -2.83. The fraction of sp³-hybridized carbons (Fsp3) is 0.353. The van der Waals surface area contributed by atoms with Crippen LogP contribution in [0.3, 0.4) is 0 Å². The van der Waals surface area contributed by atoms with E-state index in [9.17, 15) is 9.59 Å². The standard InChI is InChI=1S/C17H21N5O2/c1-22(11-15-18-8-9-19-15)17(24)21-14-4-2-12(3-5-14)10-16(23)20-13-6-7-13/h2-5,8-9,13H,6-7,10-11H2,1H3,(H,18,19)(H,20,23)(H,21,24). The SMILES string of the molecule is CN(Cc1ncc[nH]1)C(=O)Nc1ccc(CC(=O)NC2CC2)cc1. The first-order valence-electron chi connectivity index (χ1n) is 7.99. The first kappa shape index (κ1) is 16.0. The van der Waals surface area contributed by atoms with Gasteiger partial charge in [0.25, 0.3) is 0 Å². The smallest absolute Gasteiger partial charge is 0.321 e. The quantitative estimate of drug-likeness (QED) is 0.757. The van der Waals surface area contributed by atoms with Crippen LogP contribution in [0.4, 0.5) is 10.5 Å². The van der Waals surface area contributed by atoms with Gasteiger partial charge in [-0.15, -0.1) is 0 Å². The average Bonchev–Trinajstić information content (AvgIpc) is 3.21. The summed E-state index contributed by atoms with van der Waals surface area (Å²) in [4.78, 5) is 32.5. The Morgan fingerprint density at radius 2 is 2.04 bits per heavy atom. The lowest BCUT2D eigenvalue weighted by molar-refractivity contribution is -0.120. The highest BCUT2D eigenvalue weighted by molar-refractivity contribution is 5.89. The summed E-state index contributed by atoms with van der Waals surface area (Å²) in [7, 11) is 1.70. The molecule has 0 saturated heterocycles. The fourth-order valence-corrected chi connectivity index (χ4v) is 2.30. The zero-order chi connectivity index (χ0) is 16.9. The van der Waals surface area contributed by atoms with Gasteiger partial charge in [-0.25, -0.2) is 9.78 Å². The fourth-order valence-electron chi connectivity index (χ4n) is 2.30. The molecule has 1 aliphatic rings. The number of benzene rings is 1. The predicted octanol–water partition coefficient (Wildman–Crippen LogP) is 1.89. The van der Waals surface area contributed by atoms with Gasteiger partial charge >= 0.3 is 6.03 Å². The molecular formula is C17H21N5O2. The van der Waals surface area contributed by atoms with Crippen LogP contribution < -0.4 is 10.6 Å². The van der Waals surface area contributed by atoms with Crippen molar-refractivity contribution in [2.24, 2.45) is 0 Å². The van der Waals surface area contributed by atoms with E-state index in [0.717, 1.165) is 24.2 Å². The molecule has 3 N–H and O–H groups in total. The topological polar surface area (TPSA) is 90.1 Å². The van der Waals surface area contributed by atoms with Crippen molar-refractivity contribution in [3.8, 4) is 0 Å². The number of carbonyl (C=O) groups excluding carboxylic acids is 2. The van der Waals surface area contributed by atoms with Crippen LogP contribution in [0.1, 0.15) is 24.2 Å². The van der Waals surface area contributed by atoms with E-state index < -0.39 is 0 Å². The molecule has 0 bridgehead atoms. The van der Waals surface area contributed by atoms with Gasteiger partial charge < -0.3 is 20.5 Å². The Morgan fingerprint density at radius 1 is 1.29 bits per heavy atom. The van der Waals surface area contributed by atoms with Crippen LogP contribution in [0, 0.1) is 0 Å². The third kappa shape index (κ3) is 4.58. The summed E-state index contributed by atoms with van der Waals surface area (Å²) in [6.45, 7) is 0.401. The molecule has 0 spiro atoms. The molecule has 1 aliphatic carbocycles. The lowest BCUT2D eigenvalue weighted by atomic mass is 10.1. The number of imidazole rings is 1. The molecule has 3 rings (SSSR count). The van der Waals surface area contributed by atoms with Crippen LogP contribution in [-0.4, -0.2) is 39.9 Å². The molecule has 1 aromatic heterocycles. The monoisotopic (exact) mass is 327 g/mol. The number of carbonyl (C=O) groups is 2. The molecular weight excluding hydrogens is 306 g/mol. The van der Waals surface area contributed by atoms with Crippen LogP contribution in [0.2, 0.25) is 0 Å². The number of amides is 3. The number of anilines is 1. The molecule has 1 heterocycles. The maximum absolute atomic E-state index is 12.1. The van der Waals surface area contributed by atoms with Crippen molar-refractivity contribution in [3.05, 3.63) is 48.0 Å². The molecule has 1 fully saturated rings. The van der Waals surface area contributed by atoms with Crippen LogP contribution >= 0.6 is 0 Å². The Kier molecular flexibility index (Phi) is 4.79. The number of aromatic nitrogens is 2. The molecule has 24 heavy (non-hydrogen) atoms. The minimum Gasteiger partial charge on any atom is -0.353 e. The van der Waals surface area contributed by atoms with Crippen molar-refractivity contribution in [1.29, 1.82) is 0 Å². The first-order chi connectivity index (χ1) is 11.6. The zero-order valence-electron chi connectivity index (χ0n) is 13.6. The van der Waals surface area contributed by atoms with Crippen LogP contribution in [-0.2, 0) is 17.8 Å². The maximum atomic E-state index is 12.1. The Morgan fingerprint density at radius 3 is 2.67 bits per heavy atom. The van der Waals surface area contributed by atoms with Gasteiger partial charge in [0.1, 0.15) is 5.82 Å². The van der Waals surface area contributed by atoms with Gasteiger partial charge in [0, 0.05) is 31.2 Å². The normalized spacial score (nSPS) is 13.4. The van der Waals surface area contributed by atoms with Crippen molar-refractivity contribution in [3.63, 3.8) is 0 Å². The van der Waals surface area contributed by atoms with Crippen molar-refractivity contribution in [2.45, 2.75) is 31.8 Å². The summed E-state index contributed by atoms with van der Waals surface area (Å²) in [6.07, 6.45) is 5.91. The van der Waals surface area contributed by atoms with E-state index in [2.05, 4.69) is 20.6 Å². The van der Waals surface area contributed by atoms with Gasteiger partial charge in [0.05, 0.1) is 13.0 Å². The average molecular weight is 327 g/mol. The molecule has 126 valence electrons. The number of rotatable bonds is 6. The molecule has 7 nitrogen and oxygen atoms in total. The second-order valence-electron chi connectivity index (χ2n) is 6.04. The third-order valence-corrected chi connectivity index (χ3v) is 3.80. The lowest BCUT2D eigenvalue weighted by Gasteiger charge is -2.16. The van der Waals surface area contributed by atoms with Gasteiger partial charge in [-0.2, -0.15) is 0 Å². The zero-order valence-corrected chi connectivity index (χ0v) is 13.6. The highest BCUT2D eigenvalue weighted by Gasteiger charge is 2.23. The number of nitrogens with zero attached hydrogens (tertiary/aromatic N) is 2. The number of H-pyrrole nitrogens is 1. The minimum absolute atomic E-state index is 0.0486. The van der Waals surface area contributed by atoms with Crippen molar-refractivity contribution in [1.82, 2.24) is 20.2 Å². The van der Waals surface area contributed by atoms with E-state index in [1.807, 2.05) is 12.1 Å². The van der Waals surface area contributed by atoms with E-state index in [1.165, 1.54) is 4.90 Å². The molecule has 0 atom stereocenters. The maximum Gasteiger partial charge on any atom is 0.321 e. The van der Waals surface area contributed by atoms with E-state index in [4.69, 9.17) is 0 Å². The Labute approximate surface area is 140 Å². The summed E-state index contributed by atoms with van der Waals surface area (Å²) < 4.78 is 0. The Balaban J connectivity index is 1.49. The molecule has 0 aliphatic heterocycles. The number of urea groups is 1. The highest BCUT2D eigenvalue weighted by atomic mass is 16.2. The van der Waals surface area contributed by atoms with Gasteiger partial charge in [-0.3, -0.25) is 4.79 Å². The van der Waals surface area contributed by atoms with Gasteiger partial charge in [-0.05, 0) is 30.5 Å². The van der Waals surface area contributed by atoms with E-state index in [-0.39, 0.29) is 11.9 Å².